The third kappa shape index (κ3) is 3.30. The molecular weight excluding hydrogens is 389 g/mol. The molecule has 0 saturated carbocycles. The van der Waals surface area contributed by atoms with Gasteiger partial charge < -0.3 is 19.8 Å². The van der Waals surface area contributed by atoms with Gasteiger partial charge >= 0.3 is 0 Å². The van der Waals surface area contributed by atoms with E-state index in [4.69, 9.17) is 38.4 Å². The van der Waals surface area contributed by atoms with E-state index in [1.165, 1.54) is 0 Å². The summed E-state index contributed by atoms with van der Waals surface area (Å²) in [4.78, 5) is 13.3. The number of rotatable bonds is 4. The van der Waals surface area contributed by atoms with Crippen LogP contribution in [0.25, 0.3) is 0 Å². The Morgan fingerprint density at radius 1 is 1.33 bits per heavy atom. The van der Waals surface area contributed by atoms with E-state index in [0.717, 1.165) is 0 Å². The molecule has 1 atom stereocenters. The zero-order valence-electron chi connectivity index (χ0n) is 14.8. The summed E-state index contributed by atoms with van der Waals surface area (Å²) in [7, 11) is 1.56. The predicted molar refractivity (Wildman–Crippen MR) is 103 cm³/mol. The molecule has 0 fully saturated rings. The number of nitriles is 1. The fourth-order valence-corrected chi connectivity index (χ4v) is 3.84. The summed E-state index contributed by atoms with van der Waals surface area (Å²) in [6.45, 7) is 2.51. The van der Waals surface area contributed by atoms with E-state index in [1.807, 2.05) is 6.07 Å². The summed E-state index contributed by atoms with van der Waals surface area (Å²) in [6.07, 6.45) is 0. The van der Waals surface area contributed by atoms with Crippen LogP contribution >= 0.6 is 23.2 Å². The lowest BCUT2D eigenvalue weighted by atomic mass is 9.84. The largest absolute Gasteiger partial charge is 0.440 e. The minimum Gasteiger partial charge on any atom is -0.440 e. The Morgan fingerprint density at radius 3 is 2.59 bits per heavy atom. The summed E-state index contributed by atoms with van der Waals surface area (Å²) in [5.74, 6) is -0.593. The third-order valence-electron chi connectivity index (χ3n) is 4.50. The summed E-state index contributed by atoms with van der Waals surface area (Å²) in [5.41, 5.74) is 7.17. The Balaban J connectivity index is 2.34. The first kappa shape index (κ1) is 19.3. The lowest BCUT2D eigenvalue weighted by molar-refractivity contribution is 0.185. The Labute approximate surface area is 166 Å². The highest BCUT2D eigenvalue weighted by atomic mass is 35.5. The van der Waals surface area contributed by atoms with Gasteiger partial charge in [0.2, 0.25) is 5.88 Å². The lowest BCUT2D eigenvalue weighted by Crippen LogP contribution is -2.33. The van der Waals surface area contributed by atoms with Crippen LogP contribution in [0.3, 0.4) is 0 Å². The molecule has 140 valence electrons. The maximum Gasteiger partial charge on any atom is 0.258 e. The first-order valence-electron chi connectivity index (χ1n) is 8.15. The van der Waals surface area contributed by atoms with Crippen molar-refractivity contribution in [2.75, 3.05) is 13.7 Å². The summed E-state index contributed by atoms with van der Waals surface area (Å²) in [6, 6.07) is 8.76. The van der Waals surface area contributed by atoms with Crippen molar-refractivity contribution in [1.29, 1.82) is 5.26 Å². The molecule has 0 saturated heterocycles. The molecule has 0 radical (unpaired) electrons. The fourth-order valence-electron chi connectivity index (χ4n) is 3.22. The number of allylic oxidation sites excluding steroid dienone is 1. The minimum absolute atomic E-state index is 0.0700. The monoisotopic (exact) mass is 405 g/mol. The van der Waals surface area contributed by atoms with Gasteiger partial charge in [-0.2, -0.15) is 5.26 Å². The number of nitrogens with zero attached hydrogens (tertiary/aromatic N) is 2. The van der Waals surface area contributed by atoms with Crippen LogP contribution in [0.5, 0.6) is 5.75 Å². The van der Waals surface area contributed by atoms with Crippen LogP contribution in [-0.2, 0) is 11.3 Å². The number of hydrogen-bond donors (Lipinski definition) is 1. The van der Waals surface area contributed by atoms with E-state index in [9.17, 15) is 10.1 Å². The van der Waals surface area contributed by atoms with Gasteiger partial charge in [-0.1, -0.05) is 29.3 Å². The van der Waals surface area contributed by atoms with Crippen LogP contribution < -0.4 is 16.0 Å². The topological polar surface area (TPSA) is 90.3 Å². The highest BCUT2D eigenvalue weighted by molar-refractivity contribution is 6.36. The smallest absolute Gasteiger partial charge is 0.258 e. The van der Waals surface area contributed by atoms with Crippen molar-refractivity contribution >= 4 is 23.2 Å². The van der Waals surface area contributed by atoms with Crippen LogP contribution in [0.2, 0.25) is 10.0 Å². The molecule has 2 heterocycles. The van der Waals surface area contributed by atoms with Crippen LogP contribution in [0.1, 0.15) is 22.7 Å². The number of methoxy groups -OCH3 is 1. The molecule has 0 aliphatic carbocycles. The molecule has 1 aliphatic heterocycles. The van der Waals surface area contributed by atoms with E-state index in [0.29, 0.717) is 40.2 Å². The molecule has 0 spiro atoms. The fraction of sp³-hybridized carbons (Fsp3) is 0.263. The number of benzene rings is 1. The second-order valence-corrected chi connectivity index (χ2v) is 6.89. The molecule has 27 heavy (non-hydrogen) atoms. The SMILES string of the molecule is COCCn1c(C)cc2c(c1=O)[C@@H](c1c(Cl)cccc1Cl)C(C#N)=C(N)O2. The molecule has 0 bridgehead atoms. The van der Waals surface area contributed by atoms with Gasteiger partial charge in [-0.3, -0.25) is 4.79 Å². The number of fused-ring (bicyclic) bond motifs is 1. The van der Waals surface area contributed by atoms with Crippen LogP contribution in [0.4, 0.5) is 0 Å². The molecule has 3 rings (SSSR count). The number of nitrogens with two attached hydrogens (primary N) is 1. The number of aromatic nitrogens is 1. The number of hydrogen-bond acceptors (Lipinski definition) is 5. The average Bonchev–Trinajstić information content (AvgIpc) is 2.61. The molecule has 2 aromatic rings. The van der Waals surface area contributed by atoms with Gasteiger partial charge in [0.15, 0.2) is 0 Å². The molecule has 8 heteroatoms. The van der Waals surface area contributed by atoms with Crippen LogP contribution in [0, 0.1) is 18.3 Å². The highest BCUT2D eigenvalue weighted by Gasteiger charge is 2.36. The van der Waals surface area contributed by atoms with Crippen LogP contribution in [-0.4, -0.2) is 18.3 Å². The van der Waals surface area contributed by atoms with Gasteiger partial charge in [-0.05, 0) is 19.1 Å². The second kappa shape index (κ2) is 7.65. The molecule has 1 aliphatic rings. The van der Waals surface area contributed by atoms with Crippen molar-refractivity contribution in [3.8, 4) is 11.8 Å². The maximum absolute atomic E-state index is 13.3. The molecule has 6 nitrogen and oxygen atoms in total. The molecule has 0 unspecified atom stereocenters. The molecular formula is C19H17Cl2N3O3. The van der Waals surface area contributed by atoms with E-state index in [-0.39, 0.29) is 22.6 Å². The van der Waals surface area contributed by atoms with E-state index in [1.54, 1.807) is 42.9 Å². The molecule has 0 amide bonds. The van der Waals surface area contributed by atoms with E-state index >= 15 is 0 Å². The standard InChI is InChI=1S/C19H17Cl2N3O3/c1-10-8-14-17(19(25)24(10)6-7-26-2)15(11(9-22)18(23)27-14)16-12(20)4-3-5-13(16)21/h3-5,8,15H,6-7,23H2,1-2H3/t15-/m1/s1. The van der Waals surface area contributed by atoms with Crippen molar-refractivity contribution in [2.45, 2.75) is 19.4 Å². The Kier molecular flexibility index (Phi) is 5.47. The van der Waals surface area contributed by atoms with Crippen molar-refractivity contribution in [3.63, 3.8) is 0 Å². The summed E-state index contributed by atoms with van der Waals surface area (Å²) in [5, 5.41) is 10.3. The van der Waals surface area contributed by atoms with Gasteiger partial charge in [0, 0.05) is 41.0 Å². The van der Waals surface area contributed by atoms with Gasteiger partial charge in [-0.15, -0.1) is 0 Å². The van der Waals surface area contributed by atoms with Gasteiger partial charge in [0.25, 0.3) is 5.56 Å². The van der Waals surface area contributed by atoms with Gasteiger partial charge in [0.05, 0.1) is 18.1 Å². The highest BCUT2D eigenvalue weighted by Crippen LogP contribution is 2.45. The van der Waals surface area contributed by atoms with E-state index in [2.05, 4.69) is 0 Å². The number of pyridine rings is 1. The molecule has 1 aromatic carbocycles. The predicted octanol–water partition coefficient (Wildman–Crippen LogP) is 3.33. The first-order chi connectivity index (χ1) is 12.9. The molecule has 1 aromatic heterocycles. The Bertz CT molecular complexity index is 1020. The summed E-state index contributed by atoms with van der Waals surface area (Å²) < 4.78 is 12.3. The molecule has 2 N–H and O–H groups in total. The zero-order valence-corrected chi connectivity index (χ0v) is 16.3. The minimum atomic E-state index is -0.818. The first-order valence-corrected chi connectivity index (χ1v) is 8.91. The van der Waals surface area contributed by atoms with Crippen molar-refractivity contribution in [3.05, 3.63) is 72.9 Å². The zero-order chi connectivity index (χ0) is 19.7. The van der Waals surface area contributed by atoms with E-state index < -0.39 is 5.92 Å². The van der Waals surface area contributed by atoms with Crippen molar-refractivity contribution in [1.82, 2.24) is 4.57 Å². The number of halogens is 2. The van der Waals surface area contributed by atoms with Gasteiger partial charge in [-0.25, -0.2) is 0 Å². The third-order valence-corrected chi connectivity index (χ3v) is 5.16. The number of ether oxygens (including phenoxy) is 2. The van der Waals surface area contributed by atoms with Crippen molar-refractivity contribution in [2.24, 2.45) is 5.73 Å². The van der Waals surface area contributed by atoms with Crippen molar-refractivity contribution < 1.29 is 9.47 Å². The Morgan fingerprint density at radius 2 is 2.00 bits per heavy atom. The number of aryl methyl sites for hydroxylation is 1. The second-order valence-electron chi connectivity index (χ2n) is 6.07. The maximum atomic E-state index is 13.3. The van der Waals surface area contributed by atoms with Crippen LogP contribution in [0.15, 0.2) is 40.5 Å². The quantitative estimate of drug-likeness (QED) is 0.841. The Hall–Kier alpha value is -2.46. The van der Waals surface area contributed by atoms with Gasteiger partial charge in [0.1, 0.15) is 17.4 Å². The normalized spacial score (nSPS) is 15.9. The summed E-state index contributed by atoms with van der Waals surface area (Å²) >= 11 is 12.8. The average molecular weight is 406 g/mol. The lowest BCUT2D eigenvalue weighted by Gasteiger charge is -2.28.